The molecule has 0 aromatic heterocycles. The lowest BCUT2D eigenvalue weighted by Gasteiger charge is -2.28. The number of nitrogens with zero attached hydrogens (tertiary/aromatic N) is 1. The molecule has 72 valence electrons. The molecule has 1 saturated heterocycles. The molecule has 4 heteroatoms. The highest BCUT2D eigenvalue weighted by atomic mass is 16.4. The van der Waals surface area contributed by atoms with Gasteiger partial charge in [0, 0.05) is 19.5 Å². The van der Waals surface area contributed by atoms with Gasteiger partial charge >= 0.3 is 5.97 Å². The third-order valence-electron chi connectivity index (χ3n) is 3.12. The first-order valence-electron chi connectivity index (χ1n) is 4.61. The summed E-state index contributed by atoms with van der Waals surface area (Å²) in [5.41, 5.74) is 0. The molecule has 4 nitrogen and oxygen atoms in total. The molecule has 13 heavy (non-hydrogen) atoms. The lowest BCUT2D eigenvalue weighted by atomic mass is 9.96. The Bertz CT molecular complexity index is 238. The second-order valence-electron chi connectivity index (χ2n) is 3.91. The van der Waals surface area contributed by atoms with E-state index in [1.54, 1.807) is 6.92 Å². The molecule has 0 aromatic carbocycles. The van der Waals surface area contributed by atoms with Crippen molar-refractivity contribution in [2.45, 2.75) is 25.8 Å². The van der Waals surface area contributed by atoms with Crippen LogP contribution in [0.15, 0.2) is 0 Å². The van der Waals surface area contributed by atoms with Crippen LogP contribution in [-0.2, 0) is 9.59 Å². The van der Waals surface area contributed by atoms with Gasteiger partial charge in [0.05, 0.1) is 5.92 Å². The first-order valence-corrected chi connectivity index (χ1v) is 4.61. The van der Waals surface area contributed by atoms with Crippen LogP contribution in [0.1, 0.15) is 19.8 Å². The van der Waals surface area contributed by atoms with Crippen LogP contribution in [0.5, 0.6) is 0 Å². The first-order chi connectivity index (χ1) is 6.11. The average Bonchev–Trinajstić information content (AvgIpc) is 2.79. The van der Waals surface area contributed by atoms with Crippen molar-refractivity contribution in [1.82, 2.24) is 4.90 Å². The molecule has 2 fully saturated rings. The van der Waals surface area contributed by atoms with Gasteiger partial charge in [0.25, 0.3) is 0 Å². The Morgan fingerprint density at radius 3 is 2.69 bits per heavy atom. The van der Waals surface area contributed by atoms with E-state index < -0.39 is 5.97 Å². The van der Waals surface area contributed by atoms with E-state index >= 15 is 0 Å². The summed E-state index contributed by atoms with van der Waals surface area (Å²) < 4.78 is 0. The zero-order valence-corrected chi connectivity index (χ0v) is 7.56. The summed E-state index contributed by atoms with van der Waals surface area (Å²) in [4.78, 5) is 23.7. The van der Waals surface area contributed by atoms with Gasteiger partial charge in [0.15, 0.2) is 0 Å². The number of hydrogen-bond acceptors (Lipinski definition) is 2. The molecule has 1 aliphatic carbocycles. The molecule has 1 aliphatic heterocycles. The average molecular weight is 183 g/mol. The number of carbonyl (C=O) groups excluding carboxylic acids is 1. The number of rotatable bonds is 1. The van der Waals surface area contributed by atoms with Gasteiger partial charge in [-0.2, -0.15) is 0 Å². The summed E-state index contributed by atoms with van der Waals surface area (Å²) in [5.74, 6) is -0.595. The quantitative estimate of drug-likeness (QED) is 0.637. The van der Waals surface area contributed by atoms with Crippen molar-refractivity contribution >= 4 is 11.9 Å². The molecule has 1 amide bonds. The number of piperidine rings is 1. The van der Waals surface area contributed by atoms with E-state index in [4.69, 9.17) is 5.11 Å². The van der Waals surface area contributed by atoms with Crippen molar-refractivity contribution in [1.29, 1.82) is 0 Å². The maximum absolute atomic E-state index is 11.1. The zero-order valence-electron chi connectivity index (χ0n) is 7.56. The lowest BCUT2D eigenvalue weighted by Crippen LogP contribution is -2.40. The molecule has 0 bridgehead atoms. The van der Waals surface area contributed by atoms with Crippen molar-refractivity contribution in [3.63, 3.8) is 0 Å². The molecule has 1 saturated carbocycles. The summed E-state index contributed by atoms with van der Waals surface area (Å²) in [6.45, 7) is 2.17. The minimum Gasteiger partial charge on any atom is -0.481 e. The molecular formula is C9H13NO3. The van der Waals surface area contributed by atoms with Crippen LogP contribution in [0.3, 0.4) is 0 Å². The van der Waals surface area contributed by atoms with Crippen LogP contribution in [0.25, 0.3) is 0 Å². The van der Waals surface area contributed by atoms with Crippen LogP contribution in [0.4, 0.5) is 0 Å². The minimum absolute atomic E-state index is 0.0799. The molecule has 0 spiro atoms. The van der Waals surface area contributed by atoms with Crippen molar-refractivity contribution < 1.29 is 14.7 Å². The molecular weight excluding hydrogens is 170 g/mol. The van der Waals surface area contributed by atoms with Gasteiger partial charge in [-0.05, 0) is 18.8 Å². The Morgan fingerprint density at radius 2 is 2.15 bits per heavy atom. The highest BCUT2D eigenvalue weighted by Crippen LogP contribution is 2.46. The van der Waals surface area contributed by atoms with Crippen molar-refractivity contribution in [3.05, 3.63) is 0 Å². The Kier molecular flexibility index (Phi) is 1.78. The van der Waals surface area contributed by atoms with Crippen molar-refractivity contribution in [2.75, 3.05) is 6.54 Å². The largest absolute Gasteiger partial charge is 0.481 e. The molecule has 3 atom stereocenters. The highest BCUT2D eigenvalue weighted by molar-refractivity contribution is 5.76. The fraction of sp³-hybridized carbons (Fsp3) is 0.778. The topological polar surface area (TPSA) is 57.6 Å². The predicted molar refractivity (Wildman–Crippen MR) is 45.0 cm³/mol. The standard InChI is InChI=1S/C9H13NO3/c1-5(11)10-3-2-6(9(12)13)7-4-8(7)10/h6-8H,2-4H2,1H3,(H,12,13)/t6-,7-,8-/m0/s1. The Hall–Kier alpha value is -1.06. The number of amides is 1. The Balaban J connectivity index is 2.03. The Morgan fingerprint density at radius 1 is 1.46 bits per heavy atom. The maximum Gasteiger partial charge on any atom is 0.306 e. The normalized spacial score (nSPS) is 36.7. The smallest absolute Gasteiger partial charge is 0.306 e. The van der Waals surface area contributed by atoms with Gasteiger partial charge in [0.2, 0.25) is 5.91 Å². The summed E-state index contributed by atoms with van der Waals surface area (Å²) >= 11 is 0. The van der Waals surface area contributed by atoms with E-state index in [9.17, 15) is 9.59 Å². The number of carbonyl (C=O) groups is 2. The van der Waals surface area contributed by atoms with E-state index in [2.05, 4.69) is 0 Å². The van der Waals surface area contributed by atoms with Gasteiger partial charge in [-0.1, -0.05) is 0 Å². The van der Waals surface area contributed by atoms with E-state index in [-0.39, 0.29) is 23.8 Å². The molecule has 2 aliphatic rings. The van der Waals surface area contributed by atoms with Crippen molar-refractivity contribution in [2.24, 2.45) is 11.8 Å². The molecule has 2 rings (SSSR count). The summed E-state index contributed by atoms with van der Waals surface area (Å²) in [5, 5.41) is 8.86. The zero-order chi connectivity index (χ0) is 9.59. The molecule has 1 heterocycles. The lowest BCUT2D eigenvalue weighted by molar-refractivity contribution is -0.145. The third-order valence-corrected chi connectivity index (χ3v) is 3.12. The van der Waals surface area contributed by atoms with Gasteiger partial charge in [-0.3, -0.25) is 9.59 Å². The maximum atomic E-state index is 11.1. The number of carboxylic acid groups (broad SMARTS) is 1. The molecule has 0 unspecified atom stereocenters. The van der Waals surface area contributed by atoms with Crippen molar-refractivity contribution in [3.8, 4) is 0 Å². The van der Waals surface area contributed by atoms with Crippen LogP contribution in [0.2, 0.25) is 0 Å². The SMILES string of the molecule is CC(=O)N1CC[C@H](C(=O)O)[C@@H]2C[C@@H]21. The first kappa shape index (κ1) is 8.53. The van der Waals surface area contributed by atoms with Crippen LogP contribution in [0, 0.1) is 11.8 Å². The number of fused-ring (bicyclic) bond motifs is 1. The van der Waals surface area contributed by atoms with E-state index in [0.717, 1.165) is 6.42 Å². The molecule has 1 N–H and O–H groups in total. The highest BCUT2D eigenvalue weighted by Gasteiger charge is 2.53. The second kappa shape index (κ2) is 2.72. The summed E-state index contributed by atoms with van der Waals surface area (Å²) in [7, 11) is 0. The van der Waals surface area contributed by atoms with Crippen LogP contribution >= 0.6 is 0 Å². The van der Waals surface area contributed by atoms with E-state index in [0.29, 0.717) is 13.0 Å². The number of hydrogen-bond donors (Lipinski definition) is 1. The fourth-order valence-corrected chi connectivity index (χ4v) is 2.35. The fourth-order valence-electron chi connectivity index (χ4n) is 2.35. The molecule has 0 radical (unpaired) electrons. The van der Waals surface area contributed by atoms with Gasteiger partial charge in [-0.15, -0.1) is 0 Å². The van der Waals surface area contributed by atoms with Crippen LogP contribution in [-0.4, -0.2) is 34.5 Å². The monoisotopic (exact) mass is 183 g/mol. The van der Waals surface area contributed by atoms with E-state index in [1.807, 2.05) is 4.90 Å². The Labute approximate surface area is 76.5 Å². The van der Waals surface area contributed by atoms with Gasteiger partial charge in [-0.25, -0.2) is 0 Å². The predicted octanol–water partition coefficient (Wildman–Crippen LogP) is 0.328. The summed E-state index contributed by atoms with van der Waals surface area (Å²) in [6, 6.07) is 0.229. The second-order valence-corrected chi connectivity index (χ2v) is 3.91. The summed E-state index contributed by atoms with van der Waals surface area (Å²) in [6.07, 6.45) is 1.51. The number of carboxylic acids is 1. The van der Waals surface area contributed by atoms with Gasteiger partial charge < -0.3 is 10.0 Å². The van der Waals surface area contributed by atoms with Gasteiger partial charge in [0.1, 0.15) is 0 Å². The molecule has 0 aromatic rings. The number of likely N-dealkylation sites (tertiary alicyclic amines) is 1. The van der Waals surface area contributed by atoms with E-state index in [1.165, 1.54) is 0 Å². The number of aliphatic carboxylic acids is 1. The van der Waals surface area contributed by atoms with Crippen LogP contribution < -0.4 is 0 Å². The third kappa shape index (κ3) is 1.30. The minimum atomic E-state index is -0.698.